The first-order valence-electron chi connectivity index (χ1n) is 6.17. The fourth-order valence-electron chi connectivity index (χ4n) is 1.85. The summed E-state index contributed by atoms with van der Waals surface area (Å²) < 4.78 is 7.02. The van der Waals surface area contributed by atoms with Crippen LogP contribution in [0.25, 0.3) is 0 Å². The normalized spacial score (nSPS) is 10.8. The molecule has 1 aromatic heterocycles. The van der Waals surface area contributed by atoms with Crippen LogP contribution in [-0.4, -0.2) is 20.9 Å². The summed E-state index contributed by atoms with van der Waals surface area (Å²) in [5.74, 6) is -0.503. The van der Waals surface area contributed by atoms with Gasteiger partial charge in [0.25, 0.3) is 0 Å². The highest BCUT2D eigenvalue weighted by atomic mass is 35.5. The van der Waals surface area contributed by atoms with Crippen LogP contribution < -0.4 is 4.74 Å². The van der Waals surface area contributed by atoms with Gasteiger partial charge in [-0.25, -0.2) is 4.79 Å². The summed E-state index contributed by atoms with van der Waals surface area (Å²) in [5.41, 5.74) is 0.665. The smallest absolute Gasteiger partial charge is 0.354 e. The zero-order valence-corrected chi connectivity index (χ0v) is 12.0. The number of hydrogen-bond donors (Lipinski definition) is 1. The average molecular weight is 295 g/mol. The first-order chi connectivity index (χ1) is 9.50. The fourth-order valence-corrected chi connectivity index (χ4v) is 2.04. The Morgan fingerprint density at radius 3 is 2.75 bits per heavy atom. The maximum absolute atomic E-state index is 11.3. The van der Waals surface area contributed by atoms with Crippen molar-refractivity contribution >= 4 is 17.6 Å². The van der Waals surface area contributed by atoms with Gasteiger partial charge in [-0.1, -0.05) is 23.7 Å². The third-order valence-electron chi connectivity index (χ3n) is 2.78. The number of nitrogens with zero attached hydrogens (tertiary/aromatic N) is 2. The largest absolute Gasteiger partial charge is 0.487 e. The minimum atomic E-state index is -1.02. The van der Waals surface area contributed by atoms with Crippen molar-refractivity contribution in [1.29, 1.82) is 0 Å². The molecule has 0 radical (unpaired) electrons. The second-order valence-electron chi connectivity index (χ2n) is 4.58. The molecule has 1 heterocycles. The SMILES string of the molecule is CC(C)n1ncc(COc2ccccc2Cl)c1C(=O)O. The minimum Gasteiger partial charge on any atom is -0.487 e. The number of carboxylic acid groups (broad SMARTS) is 1. The number of rotatable bonds is 5. The number of aromatic carboxylic acids is 1. The van der Waals surface area contributed by atoms with Crippen LogP contribution in [0.15, 0.2) is 30.5 Å². The number of carboxylic acids is 1. The van der Waals surface area contributed by atoms with E-state index >= 15 is 0 Å². The third-order valence-corrected chi connectivity index (χ3v) is 3.10. The second-order valence-corrected chi connectivity index (χ2v) is 4.99. The monoisotopic (exact) mass is 294 g/mol. The molecule has 0 amide bonds. The fraction of sp³-hybridized carbons (Fsp3) is 0.286. The number of ether oxygens (including phenoxy) is 1. The molecule has 0 saturated carbocycles. The Kier molecular flexibility index (Phi) is 4.29. The number of halogens is 1. The first-order valence-corrected chi connectivity index (χ1v) is 6.55. The van der Waals surface area contributed by atoms with Crippen LogP contribution in [0.3, 0.4) is 0 Å². The van der Waals surface area contributed by atoms with E-state index in [1.807, 2.05) is 13.8 Å². The average Bonchev–Trinajstić information content (AvgIpc) is 2.82. The van der Waals surface area contributed by atoms with E-state index in [1.54, 1.807) is 24.3 Å². The lowest BCUT2D eigenvalue weighted by Crippen LogP contribution is -2.14. The number of carbonyl (C=O) groups is 1. The molecule has 2 aromatic rings. The highest BCUT2D eigenvalue weighted by Gasteiger charge is 2.19. The molecule has 106 valence electrons. The van der Waals surface area contributed by atoms with Crippen LogP contribution in [0.2, 0.25) is 5.02 Å². The van der Waals surface area contributed by atoms with E-state index < -0.39 is 5.97 Å². The summed E-state index contributed by atoms with van der Waals surface area (Å²) >= 11 is 5.99. The quantitative estimate of drug-likeness (QED) is 0.918. The number of benzene rings is 1. The summed E-state index contributed by atoms with van der Waals surface area (Å²) in [4.78, 5) is 11.3. The van der Waals surface area contributed by atoms with E-state index in [-0.39, 0.29) is 18.3 Å². The van der Waals surface area contributed by atoms with E-state index in [0.29, 0.717) is 16.3 Å². The van der Waals surface area contributed by atoms with Crippen LogP contribution in [0.1, 0.15) is 35.9 Å². The van der Waals surface area contributed by atoms with E-state index in [9.17, 15) is 9.90 Å². The molecule has 0 fully saturated rings. The molecule has 0 bridgehead atoms. The standard InChI is InChI=1S/C14H15ClN2O3/c1-9(2)17-13(14(18)19)10(7-16-17)8-20-12-6-4-3-5-11(12)15/h3-7,9H,8H2,1-2H3,(H,18,19). The predicted octanol–water partition coefficient (Wildman–Crippen LogP) is 3.39. The van der Waals surface area contributed by atoms with Gasteiger partial charge in [0.2, 0.25) is 0 Å². The maximum atomic E-state index is 11.3. The maximum Gasteiger partial charge on any atom is 0.354 e. The molecule has 2 rings (SSSR count). The van der Waals surface area contributed by atoms with E-state index in [0.717, 1.165) is 0 Å². The molecule has 0 aliphatic carbocycles. The Labute approximate surface area is 121 Å². The van der Waals surface area contributed by atoms with Crippen molar-refractivity contribution in [3.8, 4) is 5.75 Å². The zero-order chi connectivity index (χ0) is 14.7. The Bertz CT molecular complexity index is 623. The molecule has 0 unspecified atom stereocenters. The van der Waals surface area contributed by atoms with Crippen molar-refractivity contribution in [2.45, 2.75) is 26.5 Å². The molecule has 1 N–H and O–H groups in total. The molecule has 0 spiro atoms. The molecule has 0 saturated heterocycles. The summed E-state index contributed by atoms with van der Waals surface area (Å²) in [6.45, 7) is 3.86. The lowest BCUT2D eigenvalue weighted by molar-refractivity contribution is 0.0678. The van der Waals surface area contributed by atoms with Gasteiger partial charge in [0.1, 0.15) is 12.4 Å². The number of hydrogen-bond acceptors (Lipinski definition) is 3. The summed E-state index contributed by atoms with van der Waals surface area (Å²) in [7, 11) is 0. The molecule has 0 atom stereocenters. The van der Waals surface area contributed by atoms with Gasteiger partial charge >= 0.3 is 5.97 Å². The Morgan fingerprint density at radius 2 is 2.15 bits per heavy atom. The number of aromatic nitrogens is 2. The van der Waals surface area contributed by atoms with Gasteiger partial charge in [-0.2, -0.15) is 5.10 Å². The molecule has 20 heavy (non-hydrogen) atoms. The van der Waals surface area contributed by atoms with Crippen molar-refractivity contribution in [1.82, 2.24) is 9.78 Å². The molecule has 6 heteroatoms. The molecular formula is C14H15ClN2O3. The van der Waals surface area contributed by atoms with Crippen molar-refractivity contribution in [2.75, 3.05) is 0 Å². The van der Waals surface area contributed by atoms with Crippen LogP contribution in [-0.2, 0) is 6.61 Å². The van der Waals surface area contributed by atoms with Gasteiger partial charge in [-0.05, 0) is 26.0 Å². The van der Waals surface area contributed by atoms with Gasteiger partial charge in [0, 0.05) is 11.6 Å². The Hall–Kier alpha value is -2.01. The molecule has 1 aromatic carbocycles. The highest BCUT2D eigenvalue weighted by molar-refractivity contribution is 6.32. The van der Waals surface area contributed by atoms with E-state index in [4.69, 9.17) is 16.3 Å². The minimum absolute atomic E-state index is 0.0323. The number of para-hydroxylation sites is 1. The van der Waals surface area contributed by atoms with Gasteiger partial charge in [-0.15, -0.1) is 0 Å². The van der Waals surface area contributed by atoms with Crippen LogP contribution in [0, 0.1) is 0 Å². The zero-order valence-electron chi connectivity index (χ0n) is 11.2. The highest BCUT2D eigenvalue weighted by Crippen LogP contribution is 2.25. The van der Waals surface area contributed by atoms with Crippen LogP contribution in [0.5, 0.6) is 5.75 Å². The van der Waals surface area contributed by atoms with Gasteiger partial charge in [0.15, 0.2) is 5.69 Å². The van der Waals surface area contributed by atoms with Crippen molar-refractivity contribution < 1.29 is 14.6 Å². The van der Waals surface area contributed by atoms with Crippen molar-refractivity contribution in [2.24, 2.45) is 0 Å². The Morgan fingerprint density at radius 1 is 1.45 bits per heavy atom. The van der Waals surface area contributed by atoms with E-state index in [2.05, 4.69) is 5.10 Å². The van der Waals surface area contributed by atoms with Crippen molar-refractivity contribution in [3.63, 3.8) is 0 Å². The molecule has 0 aliphatic heterocycles. The van der Waals surface area contributed by atoms with Crippen molar-refractivity contribution in [3.05, 3.63) is 46.7 Å². The van der Waals surface area contributed by atoms with Crippen LogP contribution >= 0.6 is 11.6 Å². The van der Waals surface area contributed by atoms with Gasteiger partial charge in [-0.3, -0.25) is 4.68 Å². The molecule has 5 nitrogen and oxygen atoms in total. The van der Waals surface area contributed by atoms with Gasteiger partial charge in [0.05, 0.1) is 11.2 Å². The second kappa shape index (κ2) is 5.96. The summed E-state index contributed by atoms with van der Waals surface area (Å²) in [5, 5.41) is 13.9. The third kappa shape index (κ3) is 2.93. The lowest BCUT2D eigenvalue weighted by Gasteiger charge is -2.10. The first kappa shape index (κ1) is 14.4. The molecular weight excluding hydrogens is 280 g/mol. The lowest BCUT2D eigenvalue weighted by atomic mass is 10.2. The summed E-state index contributed by atoms with van der Waals surface area (Å²) in [6, 6.07) is 7.02. The van der Waals surface area contributed by atoms with Crippen LogP contribution in [0.4, 0.5) is 0 Å². The topological polar surface area (TPSA) is 64.4 Å². The Balaban J connectivity index is 2.22. The van der Waals surface area contributed by atoms with E-state index in [1.165, 1.54) is 10.9 Å². The van der Waals surface area contributed by atoms with Gasteiger partial charge < -0.3 is 9.84 Å². The summed E-state index contributed by atoms with van der Waals surface area (Å²) in [6.07, 6.45) is 1.51. The molecule has 0 aliphatic rings. The predicted molar refractivity (Wildman–Crippen MR) is 75.4 cm³/mol.